The van der Waals surface area contributed by atoms with E-state index in [1.165, 1.54) is 6.07 Å². The number of amides is 1. The number of aryl methyl sites for hydroxylation is 1. The van der Waals surface area contributed by atoms with Gasteiger partial charge < -0.3 is 20.5 Å². The Morgan fingerprint density at radius 2 is 2.00 bits per heavy atom. The first kappa shape index (κ1) is 19.5. The van der Waals surface area contributed by atoms with Crippen LogP contribution in [0.5, 0.6) is 11.5 Å². The highest BCUT2D eigenvalue weighted by Crippen LogP contribution is 2.27. The second kappa shape index (κ2) is 9.03. The van der Waals surface area contributed by atoms with Crippen molar-refractivity contribution < 1.29 is 23.0 Å². The number of benzene rings is 2. The fraction of sp³-hybridized carbons (Fsp3) is 0.316. The molecule has 0 aliphatic heterocycles. The summed E-state index contributed by atoms with van der Waals surface area (Å²) < 4.78 is 35.4. The second-order valence-corrected chi connectivity index (χ2v) is 5.75. The number of nitrogen functional groups attached to an aromatic ring is 1. The van der Waals surface area contributed by atoms with E-state index in [0.717, 1.165) is 12.0 Å². The van der Waals surface area contributed by atoms with Gasteiger partial charge in [0.2, 0.25) is 0 Å². The Morgan fingerprint density at radius 1 is 1.23 bits per heavy atom. The molecule has 7 heteroatoms. The van der Waals surface area contributed by atoms with Crippen LogP contribution in [0.2, 0.25) is 0 Å². The topological polar surface area (TPSA) is 73.6 Å². The number of hydrogen-bond donors (Lipinski definition) is 2. The summed E-state index contributed by atoms with van der Waals surface area (Å²) in [4.78, 5) is 12.4. The Labute approximate surface area is 151 Å². The molecule has 2 aromatic carbocycles. The Hall–Kier alpha value is -2.83. The van der Waals surface area contributed by atoms with Gasteiger partial charge in [-0.2, -0.15) is 8.78 Å². The molecule has 140 valence electrons. The summed E-state index contributed by atoms with van der Waals surface area (Å²) in [5.41, 5.74) is 7.81. The lowest BCUT2D eigenvalue weighted by Gasteiger charge is -2.14. The minimum atomic E-state index is -2.97. The van der Waals surface area contributed by atoms with Crippen molar-refractivity contribution in [3.8, 4) is 11.5 Å². The van der Waals surface area contributed by atoms with E-state index in [1.807, 2.05) is 6.92 Å². The Kier molecular flexibility index (Phi) is 6.77. The number of nitrogens with two attached hydrogens (primary N) is 1. The van der Waals surface area contributed by atoms with Crippen LogP contribution in [-0.2, 0) is 6.54 Å². The average molecular weight is 364 g/mol. The maximum absolute atomic E-state index is 12.7. The van der Waals surface area contributed by atoms with Gasteiger partial charge in [0.1, 0.15) is 11.5 Å². The summed E-state index contributed by atoms with van der Waals surface area (Å²) in [5.74, 6) is 0.0616. The number of alkyl halides is 2. The highest BCUT2D eigenvalue weighted by Gasteiger charge is 2.14. The largest absolute Gasteiger partial charge is 0.493 e. The van der Waals surface area contributed by atoms with E-state index in [4.69, 9.17) is 10.5 Å². The third-order valence-corrected chi connectivity index (χ3v) is 3.67. The van der Waals surface area contributed by atoms with Gasteiger partial charge in [0, 0.05) is 29.4 Å². The molecule has 0 saturated carbocycles. The van der Waals surface area contributed by atoms with Gasteiger partial charge >= 0.3 is 6.61 Å². The Morgan fingerprint density at radius 3 is 2.69 bits per heavy atom. The predicted molar refractivity (Wildman–Crippen MR) is 95.6 cm³/mol. The van der Waals surface area contributed by atoms with Crippen LogP contribution in [0.25, 0.3) is 0 Å². The molecule has 0 spiro atoms. The minimum absolute atomic E-state index is 0.0294. The van der Waals surface area contributed by atoms with Crippen molar-refractivity contribution in [3.05, 3.63) is 53.1 Å². The van der Waals surface area contributed by atoms with Gasteiger partial charge in [-0.05, 0) is 43.2 Å². The molecule has 0 bridgehead atoms. The van der Waals surface area contributed by atoms with Gasteiger partial charge in [0.25, 0.3) is 5.91 Å². The highest BCUT2D eigenvalue weighted by atomic mass is 19.3. The van der Waals surface area contributed by atoms with Crippen LogP contribution in [-0.4, -0.2) is 19.1 Å². The molecule has 0 saturated heterocycles. The van der Waals surface area contributed by atoms with Crippen LogP contribution in [0.15, 0.2) is 36.4 Å². The molecule has 3 N–H and O–H groups in total. The Bertz CT molecular complexity index is 766. The van der Waals surface area contributed by atoms with Crippen molar-refractivity contribution in [2.75, 3.05) is 12.3 Å². The zero-order valence-electron chi connectivity index (χ0n) is 14.7. The molecule has 1 amide bonds. The molecule has 0 fully saturated rings. The summed E-state index contributed by atoms with van der Waals surface area (Å²) >= 11 is 0. The fourth-order valence-electron chi connectivity index (χ4n) is 2.35. The smallest absolute Gasteiger partial charge is 0.387 e. The zero-order chi connectivity index (χ0) is 19.1. The van der Waals surface area contributed by atoms with Crippen molar-refractivity contribution in [1.29, 1.82) is 0 Å². The molecule has 0 aromatic heterocycles. The summed E-state index contributed by atoms with van der Waals surface area (Å²) in [6.07, 6.45) is 0.794. The van der Waals surface area contributed by atoms with Crippen LogP contribution >= 0.6 is 0 Å². The van der Waals surface area contributed by atoms with E-state index in [1.54, 1.807) is 37.3 Å². The molecule has 2 aromatic rings. The molecule has 5 nitrogen and oxygen atoms in total. The number of ether oxygens (including phenoxy) is 2. The molecular formula is C19H22F2N2O3. The maximum atomic E-state index is 12.7. The van der Waals surface area contributed by atoms with Crippen LogP contribution < -0.4 is 20.5 Å². The molecule has 0 atom stereocenters. The third-order valence-electron chi connectivity index (χ3n) is 3.67. The van der Waals surface area contributed by atoms with Gasteiger partial charge in [-0.25, -0.2) is 0 Å². The first-order valence-electron chi connectivity index (χ1n) is 8.25. The number of carbonyl (C=O) groups excluding carboxylic acids is 1. The van der Waals surface area contributed by atoms with Crippen molar-refractivity contribution >= 4 is 11.6 Å². The van der Waals surface area contributed by atoms with Gasteiger partial charge in [-0.3, -0.25) is 4.79 Å². The summed E-state index contributed by atoms with van der Waals surface area (Å²) in [6.45, 7) is 1.27. The van der Waals surface area contributed by atoms with E-state index < -0.39 is 6.61 Å². The Balaban J connectivity index is 2.14. The number of rotatable bonds is 8. The SMILES string of the molecule is CCCOc1ccc(CNC(=O)c2cc(N)ccc2C)c(OC(F)F)c1. The lowest BCUT2D eigenvalue weighted by Crippen LogP contribution is -2.24. The van der Waals surface area contributed by atoms with E-state index in [0.29, 0.717) is 29.2 Å². The molecule has 0 unspecified atom stereocenters. The van der Waals surface area contributed by atoms with Gasteiger partial charge in [-0.15, -0.1) is 0 Å². The second-order valence-electron chi connectivity index (χ2n) is 5.75. The lowest BCUT2D eigenvalue weighted by molar-refractivity contribution is -0.0505. The number of carbonyl (C=O) groups is 1. The number of nitrogens with one attached hydrogen (secondary N) is 1. The van der Waals surface area contributed by atoms with Gasteiger partial charge in [0.15, 0.2) is 0 Å². The van der Waals surface area contributed by atoms with Crippen molar-refractivity contribution in [2.45, 2.75) is 33.4 Å². The highest BCUT2D eigenvalue weighted by molar-refractivity contribution is 5.96. The van der Waals surface area contributed by atoms with Crippen LogP contribution in [0.1, 0.15) is 34.8 Å². The lowest BCUT2D eigenvalue weighted by atomic mass is 10.1. The van der Waals surface area contributed by atoms with Crippen molar-refractivity contribution in [2.24, 2.45) is 0 Å². The first-order valence-corrected chi connectivity index (χ1v) is 8.25. The third kappa shape index (κ3) is 5.34. The molecule has 0 radical (unpaired) electrons. The van der Waals surface area contributed by atoms with Gasteiger partial charge in [0.05, 0.1) is 6.61 Å². The summed E-state index contributed by atoms with van der Waals surface area (Å²) in [6, 6.07) is 9.67. The standard InChI is InChI=1S/C19H22F2N2O3/c1-3-8-25-15-7-5-13(17(10-15)26-19(20)21)11-23-18(24)16-9-14(22)6-4-12(16)2/h4-7,9-10,19H,3,8,11,22H2,1-2H3,(H,23,24). The van der Waals surface area contributed by atoms with Crippen molar-refractivity contribution in [3.63, 3.8) is 0 Å². The van der Waals surface area contributed by atoms with Gasteiger partial charge in [-0.1, -0.05) is 13.0 Å². The predicted octanol–water partition coefficient (Wildman–Crippen LogP) is 3.90. The molecule has 0 heterocycles. The molecular weight excluding hydrogens is 342 g/mol. The number of hydrogen-bond acceptors (Lipinski definition) is 4. The van der Waals surface area contributed by atoms with Crippen LogP contribution in [0.4, 0.5) is 14.5 Å². The monoisotopic (exact) mass is 364 g/mol. The first-order chi connectivity index (χ1) is 12.4. The van der Waals surface area contributed by atoms with Crippen molar-refractivity contribution in [1.82, 2.24) is 5.32 Å². The average Bonchev–Trinajstić information content (AvgIpc) is 2.60. The van der Waals surface area contributed by atoms with E-state index in [9.17, 15) is 13.6 Å². The zero-order valence-corrected chi connectivity index (χ0v) is 14.7. The fourth-order valence-corrected chi connectivity index (χ4v) is 2.35. The minimum Gasteiger partial charge on any atom is -0.493 e. The number of anilines is 1. The van der Waals surface area contributed by atoms with E-state index in [2.05, 4.69) is 10.1 Å². The summed E-state index contributed by atoms with van der Waals surface area (Å²) in [7, 11) is 0. The quantitative estimate of drug-likeness (QED) is 0.697. The molecule has 2 rings (SSSR count). The van der Waals surface area contributed by atoms with E-state index in [-0.39, 0.29) is 18.2 Å². The number of halogens is 2. The maximum Gasteiger partial charge on any atom is 0.387 e. The van der Waals surface area contributed by atoms with Crippen LogP contribution in [0, 0.1) is 6.92 Å². The molecule has 0 aliphatic rings. The van der Waals surface area contributed by atoms with Crippen LogP contribution in [0.3, 0.4) is 0 Å². The van der Waals surface area contributed by atoms with E-state index >= 15 is 0 Å². The molecule has 0 aliphatic carbocycles. The molecule has 26 heavy (non-hydrogen) atoms. The summed E-state index contributed by atoms with van der Waals surface area (Å²) in [5, 5.41) is 2.70. The normalized spacial score (nSPS) is 10.7.